The third-order valence-electron chi connectivity index (χ3n) is 2.85. The highest BCUT2D eigenvalue weighted by Crippen LogP contribution is 2.12. The minimum absolute atomic E-state index is 0. The molecule has 2 rings (SSSR count). The van der Waals surface area contributed by atoms with Crippen molar-refractivity contribution in [2.24, 2.45) is 0 Å². The van der Waals surface area contributed by atoms with Crippen molar-refractivity contribution in [3.63, 3.8) is 0 Å². The molecule has 0 saturated heterocycles. The number of carbonyl (C=O) groups is 1. The van der Waals surface area contributed by atoms with Gasteiger partial charge in [-0.1, -0.05) is 12.1 Å². The number of nitrogen functional groups attached to an aromatic ring is 1. The summed E-state index contributed by atoms with van der Waals surface area (Å²) in [7, 11) is 0. The quantitative estimate of drug-likeness (QED) is 0.613. The molecule has 0 spiro atoms. The van der Waals surface area contributed by atoms with Crippen LogP contribution in [0.1, 0.15) is 23.0 Å². The molecular weight excluding hydrogens is 322 g/mol. The van der Waals surface area contributed by atoms with Gasteiger partial charge < -0.3 is 21.1 Å². The summed E-state index contributed by atoms with van der Waals surface area (Å²) in [5.41, 5.74) is 6.55. The van der Waals surface area contributed by atoms with Crippen molar-refractivity contribution in [3.8, 4) is 5.75 Å². The number of hydrogen-bond donors (Lipinski definition) is 3. The molecule has 0 aliphatic heterocycles. The Kier molecular flexibility index (Phi) is 7.86. The lowest BCUT2D eigenvalue weighted by Crippen LogP contribution is -2.32. The minimum atomic E-state index is -0.404. The molecule has 126 valence electrons. The van der Waals surface area contributed by atoms with Crippen LogP contribution in [0.3, 0.4) is 0 Å². The van der Waals surface area contributed by atoms with E-state index in [9.17, 15) is 4.79 Å². The largest absolute Gasteiger partial charge is 0.494 e. The van der Waals surface area contributed by atoms with E-state index < -0.39 is 5.91 Å². The van der Waals surface area contributed by atoms with Gasteiger partial charge in [0.15, 0.2) is 0 Å². The molecule has 1 aromatic heterocycles. The number of nitrogens with zero attached hydrogens (tertiary/aromatic N) is 2. The summed E-state index contributed by atoms with van der Waals surface area (Å²) in [6.45, 7) is 4.32. The number of anilines is 1. The fourth-order valence-electron chi connectivity index (χ4n) is 1.85. The number of rotatable bonds is 8. The fraction of sp³-hybridized carbons (Fsp3) is 0.357. The first-order chi connectivity index (χ1) is 10.7. The summed E-state index contributed by atoms with van der Waals surface area (Å²) in [4.78, 5) is 11.7. The number of ether oxygens (including phenoxy) is 1. The topological polar surface area (TPSA) is 115 Å². The molecule has 8 nitrogen and oxygen atoms in total. The summed E-state index contributed by atoms with van der Waals surface area (Å²) in [6.07, 6.45) is 0. The van der Waals surface area contributed by atoms with Gasteiger partial charge in [-0.15, -0.1) is 12.4 Å². The molecule has 4 N–H and O–H groups in total. The summed E-state index contributed by atoms with van der Waals surface area (Å²) >= 11 is 0. The molecule has 1 amide bonds. The van der Waals surface area contributed by atoms with Crippen LogP contribution in [0.4, 0.5) is 5.82 Å². The Morgan fingerprint density at radius 1 is 1.35 bits per heavy atom. The molecule has 9 heteroatoms. The third-order valence-corrected chi connectivity index (χ3v) is 2.85. The molecule has 1 heterocycles. The zero-order valence-corrected chi connectivity index (χ0v) is 13.6. The zero-order chi connectivity index (χ0) is 15.8. The molecule has 2 aromatic rings. The molecule has 0 aliphatic carbocycles. The van der Waals surface area contributed by atoms with Crippen LogP contribution < -0.4 is 21.1 Å². The molecule has 23 heavy (non-hydrogen) atoms. The van der Waals surface area contributed by atoms with Crippen LogP contribution in [0.15, 0.2) is 28.9 Å². The van der Waals surface area contributed by atoms with E-state index in [1.165, 1.54) is 0 Å². The van der Waals surface area contributed by atoms with Gasteiger partial charge in [0.1, 0.15) is 5.75 Å². The SMILES string of the molecule is CCOc1cccc(CNCCNC(=O)c2nonc2N)c1.Cl. The van der Waals surface area contributed by atoms with E-state index >= 15 is 0 Å². The van der Waals surface area contributed by atoms with Crippen LogP contribution in [0.25, 0.3) is 0 Å². The van der Waals surface area contributed by atoms with Gasteiger partial charge in [-0.2, -0.15) is 0 Å². The first-order valence-electron chi connectivity index (χ1n) is 6.99. The van der Waals surface area contributed by atoms with Crippen LogP contribution in [0.5, 0.6) is 5.75 Å². The number of hydrogen-bond acceptors (Lipinski definition) is 7. The van der Waals surface area contributed by atoms with E-state index in [1.54, 1.807) is 0 Å². The van der Waals surface area contributed by atoms with Gasteiger partial charge in [0.2, 0.25) is 11.5 Å². The highest BCUT2D eigenvalue weighted by atomic mass is 35.5. The number of benzene rings is 1. The van der Waals surface area contributed by atoms with Gasteiger partial charge in [-0.3, -0.25) is 4.79 Å². The molecule has 0 bridgehead atoms. The van der Waals surface area contributed by atoms with Crippen molar-refractivity contribution < 1.29 is 14.2 Å². The van der Waals surface area contributed by atoms with E-state index in [1.807, 2.05) is 31.2 Å². The van der Waals surface area contributed by atoms with Crippen LogP contribution in [-0.2, 0) is 6.54 Å². The Balaban J connectivity index is 0.00000264. The highest BCUT2D eigenvalue weighted by Gasteiger charge is 2.14. The Labute approximate surface area is 140 Å². The maximum absolute atomic E-state index is 11.7. The molecule has 0 fully saturated rings. The molecule has 0 radical (unpaired) electrons. The number of nitrogens with two attached hydrogens (primary N) is 1. The summed E-state index contributed by atoms with van der Waals surface area (Å²) in [5.74, 6) is 0.432. The van der Waals surface area contributed by atoms with Gasteiger partial charge in [-0.05, 0) is 34.9 Å². The van der Waals surface area contributed by atoms with E-state index in [0.29, 0.717) is 26.2 Å². The van der Waals surface area contributed by atoms with Crippen LogP contribution >= 0.6 is 12.4 Å². The lowest BCUT2D eigenvalue weighted by atomic mass is 10.2. The van der Waals surface area contributed by atoms with E-state index in [4.69, 9.17) is 10.5 Å². The standard InChI is InChI=1S/C14H19N5O3.ClH/c1-2-21-11-5-3-4-10(8-11)9-16-6-7-17-14(20)12-13(15)19-22-18-12;/h3-5,8,16H,2,6-7,9H2,1H3,(H2,15,19)(H,17,20);1H. The predicted molar refractivity (Wildman–Crippen MR) is 87.6 cm³/mol. The fourth-order valence-corrected chi connectivity index (χ4v) is 1.85. The van der Waals surface area contributed by atoms with Crippen molar-refractivity contribution in [3.05, 3.63) is 35.5 Å². The molecule has 0 atom stereocenters. The van der Waals surface area contributed by atoms with Crippen LogP contribution in [0.2, 0.25) is 0 Å². The zero-order valence-electron chi connectivity index (χ0n) is 12.7. The average Bonchev–Trinajstić information content (AvgIpc) is 2.94. The highest BCUT2D eigenvalue weighted by molar-refractivity contribution is 5.95. The smallest absolute Gasteiger partial charge is 0.277 e. The van der Waals surface area contributed by atoms with Gasteiger partial charge in [0.05, 0.1) is 6.61 Å². The van der Waals surface area contributed by atoms with Crippen molar-refractivity contribution in [1.82, 2.24) is 20.9 Å². The average molecular weight is 342 g/mol. The van der Waals surface area contributed by atoms with Crippen LogP contribution in [-0.4, -0.2) is 35.9 Å². The lowest BCUT2D eigenvalue weighted by Gasteiger charge is -2.08. The van der Waals surface area contributed by atoms with E-state index in [0.717, 1.165) is 11.3 Å². The van der Waals surface area contributed by atoms with Gasteiger partial charge in [0.25, 0.3) is 5.91 Å². The normalized spacial score (nSPS) is 9.96. The molecule has 0 saturated carbocycles. The molecule has 0 unspecified atom stereocenters. The Bertz CT molecular complexity index is 620. The lowest BCUT2D eigenvalue weighted by molar-refractivity contribution is 0.0944. The monoisotopic (exact) mass is 341 g/mol. The maximum atomic E-state index is 11.7. The van der Waals surface area contributed by atoms with Crippen molar-refractivity contribution in [2.45, 2.75) is 13.5 Å². The second kappa shape index (κ2) is 9.65. The first-order valence-corrected chi connectivity index (χ1v) is 6.99. The number of carbonyl (C=O) groups excluding carboxylic acids is 1. The second-order valence-electron chi connectivity index (χ2n) is 4.51. The van der Waals surface area contributed by atoms with Crippen molar-refractivity contribution in [2.75, 3.05) is 25.4 Å². The predicted octanol–water partition coefficient (Wildman–Crippen LogP) is 0.992. The Hall–Kier alpha value is -2.32. The van der Waals surface area contributed by atoms with Crippen molar-refractivity contribution >= 4 is 24.1 Å². The number of nitrogens with one attached hydrogen (secondary N) is 2. The maximum Gasteiger partial charge on any atom is 0.277 e. The van der Waals surface area contributed by atoms with Gasteiger partial charge >= 0.3 is 0 Å². The Morgan fingerprint density at radius 2 is 2.17 bits per heavy atom. The van der Waals surface area contributed by atoms with Crippen LogP contribution in [0, 0.1) is 0 Å². The number of amides is 1. The summed E-state index contributed by atoms with van der Waals surface area (Å²) < 4.78 is 9.81. The summed E-state index contributed by atoms with van der Waals surface area (Å²) in [5, 5.41) is 12.7. The molecular formula is C14H20ClN5O3. The van der Waals surface area contributed by atoms with E-state index in [2.05, 4.69) is 25.6 Å². The second-order valence-corrected chi connectivity index (χ2v) is 4.51. The third kappa shape index (κ3) is 5.76. The van der Waals surface area contributed by atoms with Gasteiger partial charge in [0, 0.05) is 19.6 Å². The Morgan fingerprint density at radius 3 is 2.87 bits per heavy atom. The number of aromatic nitrogens is 2. The van der Waals surface area contributed by atoms with E-state index in [-0.39, 0.29) is 23.9 Å². The summed E-state index contributed by atoms with van der Waals surface area (Å²) in [6, 6.07) is 7.86. The molecule has 1 aromatic carbocycles. The minimum Gasteiger partial charge on any atom is -0.494 e. The van der Waals surface area contributed by atoms with Gasteiger partial charge in [-0.25, -0.2) is 4.63 Å². The molecule has 0 aliphatic rings. The van der Waals surface area contributed by atoms with Crippen molar-refractivity contribution in [1.29, 1.82) is 0 Å². The first kappa shape index (κ1) is 18.7. The number of halogens is 1.